The first-order valence-corrected chi connectivity index (χ1v) is 8.18. The zero-order chi connectivity index (χ0) is 17.4. The van der Waals surface area contributed by atoms with E-state index in [0.717, 1.165) is 45.4 Å². The summed E-state index contributed by atoms with van der Waals surface area (Å²) in [5.41, 5.74) is 4.07. The highest BCUT2D eigenvalue weighted by Gasteiger charge is 2.18. The van der Waals surface area contributed by atoms with Crippen LogP contribution in [-0.2, 0) is 6.54 Å². The number of anilines is 1. The standard InChI is InChI=1S/C19H19N5O/c1-12-6-4-8-16(23-12)24-14(3)13(2)17-18(21-11-22-19(17)24)20-10-15-7-5-9-25-15/h4-9,11H,10H2,1-3H3,(H,20,21,22). The van der Waals surface area contributed by atoms with Gasteiger partial charge >= 0.3 is 0 Å². The molecule has 4 aromatic rings. The molecule has 4 heterocycles. The topological polar surface area (TPSA) is 68.8 Å². The fourth-order valence-corrected chi connectivity index (χ4v) is 3.05. The fourth-order valence-electron chi connectivity index (χ4n) is 3.05. The van der Waals surface area contributed by atoms with Crippen molar-refractivity contribution in [2.75, 3.05) is 5.32 Å². The number of aromatic nitrogens is 4. The molecule has 0 fully saturated rings. The molecule has 25 heavy (non-hydrogen) atoms. The van der Waals surface area contributed by atoms with Crippen molar-refractivity contribution >= 4 is 16.9 Å². The lowest BCUT2D eigenvalue weighted by Gasteiger charge is -2.08. The molecule has 6 heteroatoms. The number of pyridine rings is 1. The lowest BCUT2D eigenvalue weighted by Crippen LogP contribution is -2.03. The van der Waals surface area contributed by atoms with Gasteiger partial charge in [0.1, 0.15) is 23.7 Å². The average molecular weight is 333 g/mol. The largest absolute Gasteiger partial charge is 0.467 e. The van der Waals surface area contributed by atoms with Gasteiger partial charge in [0.05, 0.1) is 18.2 Å². The molecule has 6 nitrogen and oxygen atoms in total. The summed E-state index contributed by atoms with van der Waals surface area (Å²) in [7, 11) is 0. The van der Waals surface area contributed by atoms with Crippen molar-refractivity contribution in [1.82, 2.24) is 19.5 Å². The number of nitrogens with zero attached hydrogens (tertiary/aromatic N) is 4. The quantitative estimate of drug-likeness (QED) is 0.612. The molecule has 0 saturated heterocycles. The summed E-state index contributed by atoms with van der Waals surface area (Å²) in [4.78, 5) is 13.6. The Kier molecular flexibility index (Phi) is 3.72. The number of hydrogen-bond acceptors (Lipinski definition) is 5. The van der Waals surface area contributed by atoms with Gasteiger partial charge in [-0.15, -0.1) is 0 Å². The van der Waals surface area contributed by atoms with E-state index >= 15 is 0 Å². The second kappa shape index (κ2) is 6.05. The molecule has 0 unspecified atom stereocenters. The number of furan rings is 1. The molecule has 0 saturated carbocycles. The Labute approximate surface area is 145 Å². The Bertz CT molecular complexity index is 1030. The lowest BCUT2D eigenvalue weighted by atomic mass is 10.2. The van der Waals surface area contributed by atoms with Gasteiger partial charge in [0, 0.05) is 11.4 Å². The van der Waals surface area contributed by atoms with Gasteiger partial charge in [0.15, 0.2) is 5.65 Å². The van der Waals surface area contributed by atoms with E-state index in [2.05, 4.69) is 38.7 Å². The Balaban J connectivity index is 1.84. The van der Waals surface area contributed by atoms with Crippen LogP contribution in [0.3, 0.4) is 0 Å². The molecule has 0 aliphatic heterocycles. The lowest BCUT2D eigenvalue weighted by molar-refractivity contribution is 0.518. The summed E-state index contributed by atoms with van der Waals surface area (Å²) >= 11 is 0. The van der Waals surface area contributed by atoms with Crippen LogP contribution in [0.4, 0.5) is 5.82 Å². The predicted molar refractivity (Wildman–Crippen MR) is 96.9 cm³/mol. The highest BCUT2D eigenvalue weighted by molar-refractivity contribution is 5.92. The van der Waals surface area contributed by atoms with E-state index in [1.807, 2.05) is 37.3 Å². The first-order chi connectivity index (χ1) is 12.1. The van der Waals surface area contributed by atoms with E-state index in [-0.39, 0.29) is 0 Å². The van der Waals surface area contributed by atoms with Crippen LogP contribution >= 0.6 is 0 Å². The number of rotatable bonds is 4. The van der Waals surface area contributed by atoms with Gasteiger partial charge in [-0.1, -0.05) is 6.07 Å². The highest BCUT2D eigenvalue weighted by Crippen LogP contribution is 2.30. The van der Waals surface area contributed by atoms with Crippen LogP contribution in [0.15, 0.2) is 47.3 Å². The SMILES string of the molecule is Cc1cccc(-n2c(C)c(C)c3c(NCc4ccco4)ncnc32)n1. The molecule has 1 N–H and O–H groups in total. The minimum absolute atomic E-state index is 0.575. The van der Waals surface area contributed by atoms with Gasteiger partial charge < -0.3 is 9.73 Å². The molecule has 126 valence electrons. The third kappa shape index (κ3) is 2.65. The maximum Gasteiger partial charge on any atom is 0.151 e. The van der Waals surface area contributed by atoms with E-state index < -0.39 is 0 Å². The van der Waals surface area contributed by atoms with Gasteiger partial charge in [-0.2, -0.15) is 0 Å². The summed E-state index contributed by atoms with van der Waals surface area (Å²) < 4.78 is 7.47. The molecular formula is C19H19N5O. The van der Waals surface area contributed by atoms with Crippen molar-refractivity contribution in [2.24, 2.45) is 0 Å². The maximum absolute atomic E-state index is 5.39. The molecule has 0 aliphatic carbocycles. The van der Waals surface area contributed by atoms with Gasteiger partial charge in [-0.25, -0.2) is 15.0 Å². The van der Waals surface area contributed by atoms with Crippen molar-refractivity contribution in [3.8, 4) is 5.82 Å². The molecule has 0 spiro atoms. The summed E-state index contributed by atoms with van der Waals surface area (Å²) in [6.45, 7) is 6.73. The Morgan fingerprint density at radius 1 is 1.08 bits per heavy atom. The Morgan fingerprint density at radius 3 is 2.72 bits per heavy atom. The smallest absolute Gasteiger partial charge is 0.151 e. The number of hydrogen-bond donors (Lipinski definition) is 1. The zero-order valence-corrected chi connectivity index (χ0v) is 14.4. The number of nitrogens with one attached hydrogen (secondary N) is 1. The second-order valence-electron chi connectivity index (χ2n) is 6.04. The summed E-state index contributed by atoms with van der Waals surface area (Å²) in [5, 5.41) is 4.36. The minimum atomic E-state index is 0.575. The first-order valence-electron chi connectivity index (χ1n) is 8.18. The van der Waals surface area contributed by atoms with Gasteiger partial charge in [-0.05, 0) is 50.6 Å². The predicted octanol–water partition coefficient (Wildman–Crippen LogP) is 3.95. The molecule has 0 aliphatic rings. The average Bonchev–Trinajstić information content (AvgIpc) is 3.21. The van der Waals surface area contributed by atoms with Crippen LogP contribution in [0.1, 0.15) is 22.7 Å². The van der Waals surface area contributed by atoms with Gasteiger partial charge in [0.2, 0.25) is 0 Å². The van der Waals surface area contributed by atoms with E-state index in [9.17, 15) is 0 Å². The number of aryl methyl sites for hydroxylation is 2. The van der Waals surface area contributed by atoms with E-state index in [0.29, 0.717) is 6.54 Å². The van der Waals surface area contributed by atoms with Crippen LogP contribution < -0.4 is 5.32 Å². The minimum Gasteiger partial charge on any atom is -0.467 e. The third-order valence-electron chi connectivity index (χ3n) is 4.41. The van der Waals surface area contributed by atoms with Crippen molar-refractivity contribution in [2.45, 2.75) is 27.3 Å². The van der Waals surface area contributed by atoms with Crippen LogP contribution in [0, 0.1) is 20.8 Å². The van der Waals surface area contributed by atoms with Crippen molar-refractivity contribution in [3.63, 3.8) is 0 Å². The second-order valence-corrected chi connectivity index (χ2v) is 6.04. The van der Waals surface area contributed by atoms with Gasteiger partial charge in [0.25, 0.3) is 0 Å². The Morgan fingerprint density at radius 2 is 1.96 bits per heavy atom. The first kappa shape index (κ1) is 15.4. The molecule has 0 radical (unpaired) electrons. The Hall–Kier alpha value is -3.15. The highest BCUT2D eigenvalue weighted by atomic mass is 16.3. The van der Waals surface area contributed by atoms with E-state index in [1.165, 1.54) is 0 Å². The molecule has 0 atom stereocenters. The molecule has 0 bridgehead atoms. The third-order valence-corrected chi connectivity index (χ3v) is 4.41. The van der Waals surface area contributed by atoms with Crippen molar-refractivity contribution in [1.29, 1.82) is 0 Å². The molecule has 0 aromatic carbocycles. The van der Waals surface area contributed by atoms with Crippen LogP contribution in [-0.4, -0.2) is 19.5 Å². The van der Waals surface area contributed by atoms with Gasteiger partial charge in [-0.3, -0.25) is 4.57 Å². The normalized spacial score (nSPS) is 11.2. The van der Waals surface area contributed by atoms with Crippen LogP contribution in [0.5, 0.6) is 0 Å². The van der Waals surface area contributed by atoms with Crippen molar-refractivity contribution in [3.05, 3.63) is 65.6 Å². The van der Waals surface area contributed by atoms with Crippen LogP contribution in [0.25, 0.3) is 16.9 Å². The molecule has 0 amide bonds. The van der Waals surface area contributed by atoms with Crippen LogP contribution in [0.2, 0.25) is 0 Å². The molecule has 4 aromatic heterocycles. The summed E-state index contributed by atoms with van der Waals surface area (Å²) in [6, 6.07) is 9.81. The van der Waals surface area contributed by atoms with E-state index in [1.54, 1.807) is 12.6 Å². The molecule has 4 rings (SSSR count). The van der Waals surface area contributed by atoms with Crippen molar-refractivity contribution < 1.29 is 4.42 Å². The molecular weight excluding hydrogens is 314 g/mol. The monoisotopic (exact) mass is 333 g/mol. The summed E-state index contributed by atoms with van der Waals surface area (Å²) in [6.07, 6.45) is 3.25. The zero-order valence-electron chi connectivity index (χ0n) is 14.4. The summed E-state index contributed by atoms with van der Waals surface area (Å²) in [5.74, 6) is 2.53. The van der Waals surface area contributed by atoms with E-state index in [4.69, 9.17) is 4.42 Å². The fraction of sp³-hybridized carbons (Fsp3) is 0.211. The maximum atomic E-state index is 5.39. The number of fused-ring (bicyclic) bond motifs is 1.